The third-order valence-corrected chi connectivity index (χ3v) is 1.93. The standard InChI is InChI=1S/C9H9N5O2/c1-5-2-3-11-9(12-5)14-4-6(10)7(13-14)8(15)16/h2-4H,10H2,1H3,(H,15,16). The highest BCUT2D eigenvalue weighted by Gasteiger charge is 2.14. The van der Waals surface area contributed by atoms with Crippen LogP contribution in [-0.2, 0) is 0 Å². The van der Waals surface area contributed by atoms with Gasteiger partial charge in [0.2, 0.25) is 0 Å². The number of nitrogens with zero attached hydrogens (tertiary/aromatic N) is 4. The van der Waals surface area contributed by atoms with Gasteiger partial charge in [0.05, 0.1) is 11.9 Å². The lowest BCUT2D eigenvalue weighted by atomic mass is 10.4. The van der Waals surface area contributed by atoms with Gasteiger partial charge in [0.15, 0.2) is 5.69 Å². The Kier molecular flexibility index (Phi) is 2.28. The number of nitrogen functional groups attached to an aromatic ring is 1. The van der Waals surface area contributed by atoms with E-state index in [0.29, 0.717) is 5.95 Å². The molecule has 0 unspecified atom stereocenters. The van der Waals surface area contributed by atoms with Crippen LogP contribution in [0.15, 0.2) is 18.5 Å². The first-order chi connectivity index (χ1) is 7.58. The number of hydrogen-bond donors (Lipinski definition) is 2. The van der Waals surface area contributed by atoms with Crippen LogP contribution in [0, 0.1) is 6.92 Å². The molecule has 2 rings (SSSR count). The molecule has 0 saturated carbocycles. The number of anilines is 1. The molecule has 0 atom stereocenters. The number of carboxylic acids is 1. The van der Waals surface area contributed by atoms with Crippen LogP contribution in [0.5, 0.6) is 0 Å². The van der Waals surface area contributed by atoms with E-state index < -0.39 is 5.97 Å². The summed E-state index contributed by atoms with van der Waals surface area (Å²) in [5, 5.41) is 12.6. The Morgan fingerprint density at radius 1 is 1.56 bits per heavy atom. The highest BCUT2D eigenvalue weighted by molar-refractivity contribution is 5.91. The molecule has 0 aromatic carbocycles. The van der Waals surface area contributed by atoms with Crippen LogP contribution in [0.3, 0.4) is 0 Å². The van der Waals surface area contributed by atoms with Crippen molar-refractivity contribution >= 4 is 11.7 Å². The van der Waals surface area contributed by atoms with Gasteiger partial charge in [-0.05, 0) is 13.0 Å². The third-order valence-electron chi connectivity index (χ3n) is 1.93. The van der Waals surface area contributed by atoms with E-state index in [1.807, 2.05) is 0 Å². The van der Waals surface area contributed by atoms with Crippen molar-refractivity contribution in [3.05, 3.63) is 29.8 Å². The minimum atomic E-state index is -1.18. The molecular formula is C9H9N5O2. The van der Waals surface area contributed by atoms with Gasteiger partial charge in [0, 0.05) is 11.9 Å². The predicted octanol–water partition coefficient (Wildman–Crippen LogP) is 0.251. The molecule has 0 amide bonds. The first kappa shape index (κ1) is 10.1. The number of aromatic carboxylic acids is 1. The molecule has 0 spiro atoms. The first-order valence-corrected chi connectivity index (χ1v) is 4.46. The second-order valence-corrected chi connectivity index (χ2v) is 3.18. The third kappa shape index (κ3) is 1.70. The Balaban J connectivity index is 2.49. The van der Waals surface area contributed by atoms with Crippen molar-refractivity contribution in [1.29, 1.82) is 0 Å². The van der Waals surface area contributed by atoms with Gasteiger partial charge in [-0.2, -0.15) is 5.10 Å². The molecule has 3 N–H and O–H groups in total. The summed E-state index contributed by atoms with van der Waals surface area (Å²) in [7, 11) is 0. The summed E-state index contributed by atoms with van der Waals surface area (Å²) in [5.41, 5.74) is 6.14. The molecule has 0 saturated heterocycles. The highest BCUT2D eigenvalue weighted by atomic mass is 16.4. The summed E-state index contributed by atoms with van der Waals surface area (Å²) >= 11 is 0. The van der Waals surface area contributed by atoms with E-state index in [1.165, 1.54) is 10.9 Å². The van der Waals surface area contributed by atoms with Crippen molar-refractivity contribution in [2.45, 2.75) is 6.92 Å². The molecule has 0 aliphatic heterocycles. The quantitative estimate of drug-likeness (QED) is 0.749. The maximum Gasteiger partial charge on any atom is 0.358 e. The SMILES string of the molecule is Cc1ccnc(-n2cc(N)c(C(=O)O)n2)n1. The molecular weight excluding hydrogens is 210 g/mol. The lowest BCUT2D eigenvalue weighted by Gasteiger charge is -1.98. The van der Waals surface area contributed by atoms with Crippen molar-refractivity contribution in [2.75, 3.05) is 5.73 Å². The number of carbonyl (C=O) groups is 1. The van der Waals surface area contributed by atoms with Gasteiger partial charge in [0.1, 0.15) is 0 Å². The number of aryl methyl sites for hydroxylation is 1. The number of aromatic nitrogens is 4. The topological polar surface area (TPSA) is 107 Å². The van der Waals surface area contributed by atoms with Crippen LogP contribution in [-0.4, -0.2) is 30.8 Å². The average Bonchev–Trinajstić information content (AvgIpc) is 2.60. The van der Waals surface area contributed by atoms with E-state index in [0.717, 1.165) is 5.69 Å². The van der Waals surface area contributed by atoms with Gasteiger partial charge in [0.25, 0.3) is 5.95 Å². The normalized spacial score (nSPS) is 10.3. The molecule has 16 heavy (non-hydrogen) atoms. The molecule has 2 aromatic rings. The smallest absolute Gasteiger partial charge is 0.358 e. The van der Waals surface area contributed by atoms with Crippen LogP contribution in [0.1, 0.15) is 16.2 Å². The van der Waals surface area contributed by atoms with Crippen LogP contribution >= 0.6 is 0 Å². The summed E-state index contributed by atoms with van der Waals surface area (Å²) in [6.07, 6.45) is 2.94. The maximum absolute atomic E-state index is 10.7. The van der Waals surface area contributed by atoms with Gasteiger partial charge < -0.3 is 10.8 Å². The summed E-state index contributed by atoms with van der Waals surface area (Å²) in [6.45, 7) is 1.80. The maximum atomic E-state index is 10.7. The van der Waals surface area contributed by atoms with Gasteiger partial charge in [-0.25, -0.2) is 19.4 Å². The molecule has 82 valence electrons. The van der Waals surface area contributed by atoms with Gasteiger partial charge in [-0.1, -0.05) is 0 Å². The summed E-state index contributed by atoms with van der Waals surface area (Å²) in [6, 6.07) is 1.73. The van der Waals surface area contributed by atoms with E-state index in [9.17, 15) is 4.79 Å². The highest BCUT2D eigenvalue weighted by Crippen LogP contribution is 2.11. The van der Waals surface area contributed by atoms with Crippen molar-refractivity contribution in [3.8, 4) is 5.95 Å². The largest absolute Gasteiger partial charge is 0.476 e. The molecule has 2 aromatic heterocycles. The first-order valence-electron chi connectivity index (χ1n) is 4.46. The molecule has 2 heterocycles. The van der Waals surface area contributed by atoms with Gasteiger partial charge >= 0.3 is 5.97 Å². The zero-order valence-electron chi connectivity index (χ0n) is 8.45. The Morgan fingerprint density at radius 3 is 2.88 bits per heavy atom. The minimum absolute atomic E-state index is 0.0811. The molecule has 7 nitrogen and oxygen atoms in total. The van der Waals surface area contributed by atoms with Crippen molar-refractivity contribution in [1.82, 2.24) is 19.7 Å². The van der Waals surface area contributed by atoms with Gasteiger partial charge in [-0.15, -0.1) is 0 Å². The Labute approximate surface area is 90.6 Å². The molecule has 0 bridgehead atoms. The second kappa shape index (κ2) is 3.61. The Morgan fingerprint density at radius 2 is 2.31 bits per heavy atom. The Hall–Kier alpha value is -2.44. The fourth-order valence-corrected chi connectivity index (χ4v) is 1.20. The molecule has 0 aliphatic carbocycles. The minimum Gasteiger partial charge on any atom is -0.476 e. The second-order valence-electron chi connectivity index (χ2n) is 3.18. The van der Waals surface area contributed by atoms with Crippen LogP contribution in [0.25, 0.3) is 5.95 Å². The number of hydrogen-bond acceptors (Lipinski definition) is 5. The fraction of sp³-hybridized carbons (Fsp3) is 0.111. The monoisotopic (exact) mass is 219 g/mol. The molecule has 0 fully saturated rings. The van der Waals surface area contributed by atoms with E-state index in [-0.39, 0.29) is 11.4 Å². The van der Waals surface area contributed by atoms with Gasteiger partial charge in [-0.3, -0.25) is 0 Å². The Bertz CT molecular complexity index is 549. The lowest BCUT2D eigenvalue weighted by molar-refractivity contribution is 0.0691. The van der Waals surface area contributed by atoms with Crippen LogP contribution in [0.2, 0.25) is 0 Å². The number of nitrogens with two attached hydrogens (primary N) is 1. The zero-order valence-corrected chi connectivity index (χ0v) is 8.45. The summed E-state index contributed by atoms with van der Waals surface area (Å²) in [5.74, 6) is -0.886. The van der Waals surface area contributed by atoms with E-state index in [1.54, 1.807) is 19.2 Å². The van der Waals surface area contributed by atoms with Crippen molar-refractivity contribution < 1.29 is 9.90 Å². The average molecular weight is 219 g/mol. The zero-order chi connectivity index (χ0) is 11.7. The molecule has 0 aliphatic rings. The van der Waals surface area contributed by atoms with Crippen LogP contribution < -0.4 is 5.73 Å². The van der Waals surface area contributed by atoms with E-state index >= 15 is 0 Å². The number of carboxylic acid groups (broad SMARTS) is 1. The molecule has 0 radical (unpaired) electrons. The van der Waals surface area contributed by atoms with E-state index in [2.05, 4.69) is 15.1 Å². The van der Waals surface area contributed by atoms with E-state index in [4.69, 9.17) is 10.8 Å². The lowest BCUT2D eigenvalue weighted by Crippen LogP contribution is -2.05. The summed E-state index contributed by atoms with van der Waals surface area (Å²) < 4.78 is 1.24. The summed E-state index contributed by atoms with van der Waals surface area (Å²) in [4.78, 5) is 18.8. The fourth-order valence-electron chi connectivity index (χ4n) is 1.20. The molecule has 7 heteroatoms. The number of rotatable bonds is 2. The van der Waals surface area contributed by atoms with Crippen LogP contribution in [0.4, 0.5) is 5.69 Å². The predicted molar refractivity (Wildman–Crippen MR) is 55.3 cm³/mol. The van der Waals surface area contributed by atoms with Crippen molar-refractivity contribution in [2.24, 2.45) is 0 Å². The van der Waals surface area contributed by atoms with Crippen molar-refractivity contribution in [3.63, 3.8) is 0 Å².